The molecular weight excluding hydrogens is 292 g/mol. The predicted molar refractivity (Wildman–Crippen MR) is 91.0 cm³/mol. The lowest BCUT2D eigenvalue weighted by Gasteiger charge is -2.07. The molecular formula is C18H20N2O3. The zero-order valence-electron chi connectivity index (χ0n) is 13.1. The fraction of sp³-hybridized carbons (Fsp3) is 0.222. The van der Waals surface area contributed by atoms with Crippen molar-refractivity contribution in [2.75, 3.05) is 11.9 Å². The highest BCUT2D eigenvalue weighted by Gasteiger charge is 2.03. The molecule has 0 heterocycles. The molecule has 0 unspecified atom stereocenters. The van der Waals surface area contributed by atoms with Crippen LogP contribution in [-0.2, 0) is 4.84 Å². The second kappa shape index (κ2) is 9.25. The summed E-state index contributed by atoms with van der Waals surface area (Å²) in [4.78, 5) is 16.5. The highest BCUT2D eigenvalue weighted by atomic mass is 16.7. The number of rotatable bonds is 7. The topological polar surface area (TPSA) is 59.9 Å². The number of hydrogen-bond acceptors (Lipinski definition) is 4. The van der Waals surface area contributed by atoms with E-state index >= 15 is 0 Å². The first-order valence-electron chi connectivity index (χ1n) is 7.57. The van der Waals surface area contributed by atoms with E-state index < -0.39 is 6.09 Å². The van der Waals surface area contributed by atoms with Crippen LogP contribution < -0.4 is 10.1 Å². The van der Waals surface area contributed by atoms with Crippen molar-refractivity contribution in [2.45, 2.75) is 19.8 Å². The van der Waals surface area contributed by atoms with Gasteiger partial charge in [0.25, 0.3) is 0 Å². The zero-order chi connectivity index (χ0) is 16.3. The summed E-state index contributed by atoms with van der Waals surface area (Å²) in [6.45, 7) is 2.76. The molecule has 2 aromatic rings. The molecule has 0 aliphatic heterocycles. The molecule has 0 spiro atoms. The summed E-state index contributed by atoms with van der Waals surface area (Å²) in [5.74, 6) is 0.712. The number of hydrogen-bond donors (Lipinski definition) is 1. The Morgan fingerprint density at radius 3 is 2.78 bits per heavy atom. The number of benzene rings is 2. The van der Waals surface area contributed by atoms with Crippen LogP contribution in [-0.4, -0.2) is 18.9 Å². The van der Waals surface area contributed by atoms with Gasteiger partial charge in [0, 0.05) is 11.8 Å². The van der Waals surface area contributed by atoms with E-state index in [4.69, 9.17) is 9.57 Å². The number of ether oxygens (including phenoxy) is 1. The quantitative estimate of drug-likeness (QED) is 0.356. The van der Waals surface area contributed by atoms with E-state index in [1.54, 1.807) is 12.1 Å². The Morgan fingerprint density at radius 2 is 2.00 bits per heavy atom. The standard InChI is InChI=1S/C18H20N2O3/c1-2-3-12-22-17-11-7-10-16(13-17)20-18(21)23-19-14-15-8-5-4-6-9-15/h4-11,13-14H,2-3,12H2,1H3,(H,20,21)/b19-14+. The number of anilines is 1. The highest BCUT2D eigenvalue weighted by molar-refractivity contribution is 5.86. The number of carbonyl (C=O) groups is 1. The van der Waals surface area contributed by atoms with E-state index in [9.17, 15) is 4.79 Å². The molecule has 0 saturated carbocycles. The lowest BCUT2D eigenvalue weighted by Crippen LogP contribution is -2.11. The Bertz CT molecular complexity index is 642. The van der Waals surface area contributed by atoms with Crippen LogP contribution in [0.3, 0.4) is 0 Å². The number of nitrogens with one attached hydrogen (secondary N) is 1. The SMILES string of the molecule is CCCCOc1cccc(NC(=O)O/N=C/c2ccccc2)c1. The lowest BCUT2D eigenvalue weighted by molar-refractivity contribution is 0.167. The third kappa shape index (κ3) is 6.22. The summed E-state index contributed by atoms with van der Waals surface area (Å²) in [5.41, 5.74) is 1.45. The second-order valence-electron chi connectivity index (χ2n) is 4.88. The first-order valence-corrected chi connectivity index (χ1v) is 7.57. The van der Waals surface area contributed by atoms with Gasteiger partial charge in [0.1, 0.15) is 5.75 Å². The van der Waals surface area contributed by atoms with Crippen molar-refractivity contribution in [1.82, 2.24) is 0 Å². The van der Waals surface area contributed by atoms with Crippen molar-refractivity contribution < 1.29 is 14.4 Å². The third-order valence-electron chi connectivity index (χ3n) is 2.98. The molecule has 5 nitrogen and oxygen atoms in total. The first-order chi connectivity index (χ1) is 11.3. The molecule has 0 aromatic heterocycles. The predicted octanol–water partition coefficient (Wildman–Crippen LogP) is 4.45. The second-order valence-corrected chi connectivity index (χ2v) is 4.88. The summed E-state index contributed by atoms with van der Waals surface area (Å²) in [5, 5.41) is 6.26. The average molecular weight is 312 g/mol. The van der Waals surface area contributed by atoms with Crippen LogP contribution in [0.15, 0.2) is 59.8 Å². The molecule has 0 radical (unpaired) electrons. The monoisotopic (exact) mass is 312 g/mol. The minimum Gasteiger partial charge on any atom is -0.494 e. The van der Waals surface area contributed by atoms with Gasteiger partial charge in [-0.1, -0.05) is 54.9 Å². The Kier molecular flexibility index (Phi) is 6.65. The van der Waals surface area contributed by atoms with E-state index in [1.807, 2.05) is 42.5 Å². The van der Waals surface area contributed by atoms with Gasteiger partial charge in [0.05, 0.1) is 12.8 Å². The van der Waals surface area contributed by atoms with Crippen molar-refractivity contribution in [3.63, 3.8) is 0 Å². The van der Waals surface area contributed by atoms with Gasteiger partial charge >= 0.3 is 6.09 Å². The first kappa shape index (κ1) is 16.5. The largest absolute Gasteiger partial charge is 0.494 e. The maximum absolute atomic E-state index is 11.7. The maximum atomic E-state index is 11.7. The van der Waals surface area contributed by atoms with Crippen molar-refractivity contribution in [3.8, 4) is 5.75 Å². The van der Waals surface area contributed by atoms with E-state index in [2.05, 4.69) is 17.4 Å². The molecule has 1 amide bonds. The van der Waals surface area contributed by atoms with Gasteiger partial charge in [-0.25, -0.2) is 4.79 Å². The van der Waals surface area contributed by atoms with Crippen molar-refractivity contribution in [1.29, 1.82) is 0 Å². The molecule has 0 saturated heterocycles. The van der Waals surface area contributed by atoms with E-state index in [-0.39, 0.29) is 0 Å². The molecule has 120 valence electrons. The molecule has 23 heavy (non-hydrogen) atoms. The summed E-state index contributed by atoms with van der Waals surface area (Å²) >= 11 is 0. The molecule has 0 aliphatic rings. The molecule has 2 aromatic carbocycles. The number of carbonyl (C=O) groups excluding carboxylic acids is 1. The van der Waals surface area contributed by atoms with Crippen LogP contribution in [0.4, 0.5) is 10.5 Å². The van der Waals surface area contributed by atoms with E-state index in [0.717, 1.165) is 18.4 Å². The van der Waals surface area contributed by atoms with Crippen LogP contribution in [0.2, 0.25) is 0 Å². The molecule has 1 N–H and O–H groups in total. The van der Waals surface area contributed by atoms with Crippen molar-refractivity contribution in [3.05, 3.63) is 60.2 Å². The summed E-state index contributed by atoms with van der Waals surface area (Å²) in [6, 6.07) is 16.6. The van der Waals surface area contributed by atoms with Crippen molar-refractivity contribution >= 4 is 18.0 Å². The number of nitrogens with zero attached hydrogens (tertiary/aromatic N) is 1. The van der Waals surface area contributed by atoms with Crippen LogP contribution in [0.1, 0.15) is 25.3 Å². The highest BCUT2D eigenvalue weighted by Crippen LogP contribution is 2.17. The number of amides is 1. The van der Waals surface area contributed by atoms with Gasteiger partial charge in [-0.15, -0.1) is 0 Å². The minimum atomic E-state index is -0.650. The summed E-state index contributed by atoms with van der Waals surface area (Å²) < 4.78 is 5.59. The van der Waals surface area contributed by atoms with Crippen LogP contribution in [0, 0.1) is 0 Å². The van der Waals surface area contributed by atoms with Crippen LogP contribution in [0.25, 0.3) is 0 Å². The van der Waals surface area contributed by atoms with Crippen LogP contribution >= 0.6 is 0 Å². The number of oxime groups is 1. The minimum absolute atomic E-state index is 0.596. The molecule has 5 heteroatoms. The average Bonchev–Trinajstić information content (AvgIpc) is 2.56. The van der Waals surface area contributed by atoms with E-state index in [1.165, 1.54) is 6.21 Å². The summed E-state index contributed by atoms with van der Waals surface area (Å²) in [7, 11) is 0. The summed E-state index contributed by atoms with van der Waals surface area (Å²) in [6.07, 6.45) is 2.89. The molecule has 2 rings (SSSR count). The zero-order valence-corrected chi connectivity index (χ0v) is 13.1. The van der Waals surface area contributed by atoms with E-state index in [0.29, 0.717) is 18.0 Å². The Hall–Kier alpha value is -2.82. The Morgan fingerprint density at radius 1 is 1.17 bits per heavy atom. The Balaban J connectivity index is 1.82. The van der Waals surface area contributed by atoms with Crippen molar-refractivity contribution in [2.24, 2.45) is 5.16 Å². The van der Waals surface area contributed by atoms with Gasteiger partial charge in [0.15, 0.2) is 0 Å². The van der Waals surface area contributed by atoms with Gasteiger partial charge in [-0.05, 0) is 24.1 Å². The van der Waals surface area contributed by atoms with Gasteiger partial charge < -0.3 is 4.74 Å². The molecule has 0 bridgehead atoms. The van der Waals surface area contributed by atoms with Crippen LogP contribution in [0.5, 0.6) is 5.75 Å². The fourth-order valence-corrected chi connectivity index (χ4v) is 1.81. The maximum Gasteiger partial charge on any atom is 0.437 e. The molecule has 0 atom stereocenters. The third-order valence-corrected chi connectivity index (χ3v) is 2.98. The molecule has 0 aliphatic carbocycles. The lowest BCUT2D eigenvalue weighted by atomic mass is 10.2. The Labute approximate surface area is 135 Å². The fourth-order valence-electron chi connectivity index (χ4n) is 1.81. The van der Waals surface area contributed by atoms with Gasteiger partial charge in [0.2, 0.25) is 0 Å². The normalized spacial score (nSPS) is 10.5. The van der Waals surface area contributed by atoms with Gasteiger partial charge in [-0.2, -0.15) is 0 Å². The number of unbranched alkanes of at least 4 members (excludes halogenated alkanes) is 1. The molecule has 0 fully saturated rings. The van der Waals surface area contributed by atoms with Gasteiger partial charge in [-0.3, -0.25) is 10.2 Å². The smallest absolute Gasteiger partial charge is 0.437 e.